The molecule has 1 heteroatoms. The van der Waals surface area contributed by atoms with Crippen LogP contribution in [-0.2, 0) is 0 Å². The van der Waals surface area contributed by atoms with Gasteiger partial charge >= 0.3 is 0 Å². The normalized spacial score (nSPS) is 10.8. The molecule has 0 aliphatic carbocycles. The zero-order valence-corrected chi connectivity index (χ0v) is 7.03. The highest BCUT2D eigenvalue weighted by atomic mass is 79.9. The summed E-state index contributed by atoms with van der Waals surface area (Å²) in [6.45, 7) is 2.12. The molecule has 0 saturated heterocycles. The van der Waals surface area contributed by atoms with Gasteiger partial charge in [-0.2, -0.15) is 0 Å². The van der Waals surface area contributed by atoms with Crippen LogP contribution < -0.4 is 0 Å². The molecule has 0 amide bonds. The van der Waals surface area contributed by atoms with Crippen LogP contribution in [0.5, 0.6) is 0 Å². The number of rotatable bonds is 2. The Kier molecular flexibility index (Phi) is 5.48. The Labute approximate surface area is 65.2 Å². The second-order valence-corrected chi connectivity index (χ2v) is 2.78. The smallest absolute Gasteiger partial charge is 0.0764 e. The first kappa shape index (κ1) is 8.60. The van der Waals surface area contributed by atoms with Gasteiger partial charge in [-0.15, -0.1) is 6.42 Å². The molecular formula is C8H9Br. The number of alkyl halides is 1. The Morgan fingerprint density at radius 1 is 1.67 bits per heavy atom. The van der Waals surface area contributed by atoms with E-state index in [-0.39, 0.29) is 4.83 Å². The fourth-order valence-electron chi connectivity index (χ4n) is 0.446. The van der Waals surface area contributed by atoms with E-state index < -0.39 is 0 Å². The molecule has 0 rings (SSSR count). The van der Waals surface area contributed by atoms with Crippen LogP contribution in [0, 0.1) is 24.2 Å². The minimum absolute atomic E-state index is 0.276. The molecule has 0 spiro atoms. The molecule has 0 aliphatic rings. The average Bonchev–Trinajstić information content (AvgIpc) is 1.85. The molecule has 0 aliphatic heterocycles. The average molecular weight is 185 g/mol. The molecule has 1 atom stereocenters. The summed E-state index contributed by atoms with van der Waals surface area (Å²) in [7, 11) is 0. The van der Waals surface area contributed by atoms with Gasteiger partial charge in [-0.25, -0.2) is 0 Å². The summed E-state index contributed by atoms with van der Waals surface area (Å²) in [5, 5.41) is 0. The molecule has 9 heavy (non-hydrogen) atoms. The standard InChI is InChI=1S/C8H9Br/c1-3-5-7-8(9)6-4-2/h1,8H,4,6H2,2H3. The minimum atomic E-state index is 0.276. The lowest BCUT2D eigenvalue weighted by Crippen LogP contribution is -1.89. The maximum atomic E-state index is 4.93. The fraction of sp³-hybridized carbons (Fsp3) is 0.500. The van der Waals surface area contributed by atoms with Crippen LogP contribution in [0.1, 0.15) is 19.8 Å². The molecule has 1 unspecified atom stereocenters. The van der Waals surface area contributed by atoms with E-state index in [0.29, 0.717) is 0 Å². The van der Waals surface area contributed by atoms with E-state index in [1.807, 2.05) is 0 Å². The van der Waals surface area contributed by atoms with Crippen LogP contribution in [-0.4, -0.2) is 4.83 Å². The molecule has 0 aromatic heterocycles. The van der Waals surface area contributed by atoms with E-state index >= 15 is 0 Å². The zero-order valence-electron chi connectivity index (χ0n) is 5.45. The SMILES string of the molecule is C#CC#CC(Br)CCC. The minimum Gasteiger partial charge on any atom is -0.106 e. The van der Waals surface area contributed by atoms with Gasteiger partial charge in [0.1, 0.15) is 0 Å². The Balaban J connectivity index is 3.51. The lowest BCUT2D eigenvalue weighted by molar-refractivity contribution is 0.848. The van der Waals surface area contributed by atoms with Crippen molar-refractivity contribution < 1.29 is 0 Å². The second kappa shape index (κ2) is 5.73. The van der Waals surface area contributed by atoms with Gasteiger partial charge in [-0.3, -0.25) is 0 Å². The van der Waals surface area contributed by atoms with Crippen molar-refractivity contribution >= 4 is 15.9 Å². The Morgan fingerprint density at radius 3 is 2.78 bits per heavy atom. The number of hydrogen-bond donors (Lipinski definition) is 0. The van der Waals surface area contributed by atoms with E-state index in [1.165, 1.54) is 0 Å². The van der Waals surface area contributed by atoms with Crippen molar-refractivity contribution in [1.29, 1.82) is 0 Å². The summed E-state index contributed by atoms with van der Waals surface area (Å²) in [6, 6.07) is 0. The third-order valence-electron chi connectivity index (χ3n) is 0.843. The summed E-state index contributed by atoms with van der Waals surface area (Å²) in [6.07, 6.45) is 7.13. The first-order chi connectivity index (χ1) is 4.31. The van der Waals surface area contributed by atoms with Crippen LogP contribution in [0.15, 0.2) is 0 Å². The third-order valence-corrected chi connectivity index (χ3v) is 1.53. The number of hydrogen-bond acceptors (Lipinski definition) is 0. The lowest BCUT2D eigenvalue weighted by Gasteiger charge is -1.94. The lowest BCUT2D eigenvalue weighted by atomic mass is 10.2. The highest BCUT2D eigenvalue weighted by Gasteiger charge is 1.93. The van der Waals surface area contributed by atoms with Crippen LogP contribution in [0.25, 0.3) is 0 Å². The van der Waals surface area contributed by atoms with Gasteiger partial charge in [0.15, 0.2) is 0 Å². The molecule has 0 fully saturated rings. The first-order valence-electron chi connectivity index (χ1n) is 2.91. The van der Waals surface area contributed by atoms with Gasteiger partial charge in [-0.05, 0) is 18.3 Å². The summed E-state index contributed by atoms with van der Waals surface area (Å²) in [5.41, 5.74) is 0. The van der Waals surface area contributed by atoms with E-state index in [2.05, 4.69) is 40.6 Å². The Bertz CT molecular complexity index is 154. The molecule has 0 nitrogen and oxygen atoms in total. The van der Waals surface area contributed by atoms with Crippen molar-refractivity contribution in [2.24, 2.45) is 0 Å². The number of terminal acetylenes is 1. The molecule has 0 saturated carbocycles. The third kappa shape index (κ3) is 5.47. The van der Waals surface area contributed by atoms with Crippen molar-refractivity contribution in [3.8, 4) is 24.2 Å². The molecule has 48 valence electrons. The molecule has 0 bridgehead atoms. The topological polar surface area (TPSA) is 0 Å². The van der Waals surface area contributed by atoms with Crippen LogP contribution in [0.3, 0.4) is 0 Å². The second-order valence-electron chi connectivity index (χ2n) is 1.67. The van der Waals surface area contributed by atoms with Gasteiger partial charge in [0.25, 0.3) is 0 Å². The zero-order chi connectivity index (χ0) is 7.11. The first-order valence-corrected chi connectivity index (χ1v) is 3.83. The predicted molar refractivity (Wildman–Crippen MR) is 44.2 cm³/mol. The van der Waals surface area contributed by atoms with Crippen LogP contribution >= 0.6 is 15.9 Å². The highest BCUT2D eigenvalue weighted by molar-refractivity contribution is 9.09. The quantitative estimate of drug-likeness (QED) is 0.457. The fourth-order valence-corrected chi connectivity index (χ4v) is 1.02. The highest BCUT2D eigenvalue weighted by Crippen LogP contribution is 2.04. The van der Waals surface area contributed by atoms with Gasteiger partial charge in [0.2, 0.25) is 0 Å². The Hall–Kier alpha value is -0.400. The van der Waals surface area contributed by atoms with Gasteiger partial charge in [0, 0.05) is 0 Å². The van der Waals surface area contributed by atoms with Gasteiger partial charge in [0.05, 0.1) is 4.83 Å². The molecule has 0 heterocycles. The van der Waals surface area contributed by atoms with Crippen molar-refractivity contribution in [3.05, 3.63) is 0 Å². The van der Waals surface area contributed by atoms with Crippen molar-refractivity contribution in [2.75, 3.05) is 0 Å². The summed E-state index contributed by atoms with van der Waals surface area (Å²) in [5.74, 6) is 7.69. The molecule has 0 N–H and O–H groups in total. The monoisotopic (exact) mass is 184 g/mol. The Morgan fingerprint density at radius 2 is 2.33 bits per heavy atom. The maximum Gasteiger partial charge on any atom is 0.0764 e. The molecule has 0 aromatic carbocycles. The molecular weight excluding hydrogens is 176 g/mol. The van der Waals surface area contributed by atoms with Crippen molar-refractivity contribution in [3.63, 3.8) is 0 Å². The largest absolute Gasteiger partial charge is 0.106 e. The van der Waals surface area contributed by atoms with E-state index in [0.717, 1.165) is 12.8 Å². The predicted octanol–water partition coefficient (Wildman–Crippen LogP) is 2.19. The molecule has 0 radical (unpaired) electrons. The summed E-state index contributed by atoms with van der Waals surface area (Å²) < 4.78 is 0. The van der Waals surface area contributed by atoms with Crippen molar-refractivity contribution in [1.82, 2.24) is 0 Å². The van der Waals surface area contributed by atoms with Gasteiger partial charge < -0.3 is 0 Å². The van der Waals surface area contributed by atoms with Crippen LogP contribution in [0.2, 0.25) is 0 Å². The van der Waals surface area contributed by atoms with Gasteiger partial charge in [-0.1, -0.05) is 35.2 Å². The number of halogens is 1. The maximum absolute atomic E-state index is 4.93. The molecule has 0 aromatic rings. The van der Waals surface area contributed by atoms with Crippen molar-refractivity contribution in [2.45, 2.75) is 24.6 Å². The van der Waals surface area contributed by atoms with Crippen LogP contribution in [0.4, 0.5) is 0 Å². The van der Waals surface area contributed by atoms with E-state index in [9.17, 15) is 0 Å². The summed E-state index contributed by atoms with van der Waals surface area (Å²) in [4.78, 5) is 0.276. The van der Waals surface area contributed by atoms with E-state index in [1.54, 1.807) is 0 Å². The summed E-state index contributed by atoms with van der Waals surface area (Å²) >= 11 is 3.37. The van der Waals surface area contributed by atoms with E-state index in [4.69, 9.17) is 6.42 Å².